The van der Waals surface area contributed by atoms with Gasteiger partial charge in [0.25, 0.3) is 0 Å². The normalized spacial score (nSPS) is 11.5. The van der Waals surface area contributed by atoms with E-state index in [-0.39, 0.29) is 23.0 Å². The number of rotatable bonds is 2. The number of benzene rings is 2. The first-order chi connectivity index (χ1) is 11.8. The summed E-state index contributed by atoms with van der Waals surface area (Å²) >= 11 is 3.36. The number of halogens is 4. The predicted octanol–water partition coefficient (Wildman–Crippen LogP) is 4.38. The van der Waals surface area contributed by atoms with Gasteiger partial charge in [0.1, 0.15) is 5.69 Å². The molecule has 0 saturated carbocycles. The molecule has 1 aromatic heterocycles. The van der Waals surface area contributed by atoms with E-state index in [1.165, 1.54) is 18.2 Å². The second-order valence-electron chi connectivity index (χ2n) is 5.14. The molecule has 0 aliphatic rings. The molecule has 0 amide bonds. The van der Waals surface area contributed by atoms with Gasteiger partial charge >= 0.3 is 6.18 Å². The molecule has 5 nitrogen and oxygen atoms in total. The number of alkyl halides is 3. The molecule has 25 heavy (non-hydrogen) atoms. The first kappa shape index (κ1) is 17.2. The van der Waals surface area contributed by atoms with Gasteiger partial charge in [0.05, 0.1) is 5.56 Å². The number of hydrogen-bond acceptors (Lipinski definition) is 3. The minimum Gasteiger partial charge on any atom is -0.370 e. The van der Waals surface area contributed by atoms with Gasteiger partial charge in [0, 0.05) is 20.8 Å². The molecule has 128 valence electrons. The van der Waals surface area contributed by atoms with Gasteiger partial charge in [0.2, 0.25) is 0 Å². The van der Waals surface area contributed by atoms with E-state index in [9.17, 15) is 13.2 Å². The molecule has 0 bridgehead atoms. The van der Waals surface area contributed by atoms with E-state index < -0.39 is 11.7 Å². The minimum atomic E-state index is -4.52. The second-order valence-corrected chi connectivity index (χ2v) is 6.00. The molecule has 9 heteroatoms. The lowest BCUT2D eigenvalue weighted by Crippen LogP contribution is -2.21. The van der Waals surface area contributed by atoms with Gasteiger partial charge in [-0.1, -0.05) is 46.3 Å². The van der Waals surface area contributed by atoms with Crippen molar-refractivity contribution >= 4 is 38.5 Å². The monoisotopic (exact) mass is 409 g/mol. The SMILES string of the molecule is N=C(N)Nc1nnc(-c2ccccc2C(F)(F)F)c2cccc(Br)c12. The molecule has 1 heterocycles. The third-order valence-electron chi connectivity index (χ3n) is 3.50. The summed E-state index contributed by atoms with van der Waals surface area (Å²) in [6.45, 7) is 0. The minimum absolute atomic E-state index is 0.0695. The van der Waals surface area contributed by atoms with E-state index in [1.807, 2.05) is 0 Å². The van der Waals surface area contributed by atoms with Crippen LogP contribution in [-0.4, -0.2) is 16.2 Å². The zero-order valence-electron chi connectivity index (χ0n) is 12.5. The maximum Gasteiger partial charge on any atom is 0.417 e. The Kier molecular flexibility index (Phi) is 4.34. The number of nitrogens with two attached hydrogens (primary N) is 1. The van der Waals surface area contributed by atoms with Crippen molar-refractivity contribution in [3.8, 4) is 11.3 Å². The first-order valence-electron chi connectivity index (χ1n) is 7.01. The topological polar surface area (TPSA) is 87.7 Å². The van der Waals surface area contributed by atoms with Crippen molar-refractivity contribution < 1.29 is 13.2 Å². The van der Waals surface area contributed by atoms with Gasteiger partial charge in [-0.25, -0.2) is 0 Å². The van der Waals surface area contributed by atoms with E-state index in [4.69, 9.17) is 11.1 Å². The average Bonchev–Trinajstić information content (AvgIpc) is 2.54. The highest BCUT2D eigenvalue weighted by molar-refractivity contribution is 9.10. The van der Waals surface area contributed by atoms with Gasteiger partial charge in [-0.05, 0) is 12.1 Å². The van der Waals surface area contributed by atoms with Crippen LogP contribution in [0.15, 0.2) is 46.9 Å². The van der Waals surface area contributed by atoms with Crippen LogP contribution in [0.25, 0.3) is 22.0 Å². The van der Waals surface area contributed by atoms with E-state index >= 15 is 0 Å². The van der Waals surface area contributed by atoms with E-state index in [1.54, 1.807) is 18.2 Å². The van der Waals surface area contributed by atoms with Crippen molar-refractivity contribution in [3.63, 3.8) is 0 Å². The number of nitrogens with zero attached hydrogens (tertiary/aromatic N) is 2. The quantitative estimate of drug-likeness (QED) is 0.432. The van der Waals surface area contributed by atoms with Crippen LogP contribution >= 0.6 is 15.9 Å². The fourth-order valence-electron chi connectivity index (χ4n) is 2.52. The van der Waals surface area contributed by atoms with Crippen LogP contribution in [0, 0.1) is 5.41 Å². The van der Waals surface area contributed by atoms with Gasteiger partial charge in [0.15, 0.2) is 11.8 Å². The summed E-state index contributed by atoms with van der Waals surface area (Å²) in [5.74, 6) is -0.169. The fourth-order valence-corrected chi connectivity index (χ4v) is 3.07. The molecular formula is C16H11BrF3N5. The van der Waals surface area contributed by atoms with Crippen molar-refractivity contribution in [1.82, 2.24) is 10.2 Å². The van der Waals surface area contributed by atoms with Crippen molar-refractivity contribution in [2.75, 3.05) is 5.32 Å². The molecule has 0 unspecified atom stereocenters. The van der Waals surface area contributed by atoms with Gasteiger partial charge in [-0.15, -0.1) is 10.2 Å². The summed E-state index contributed by atoms with van der Waals surface area (Å²) in [5, 5.41) is 18.7. The number of nitrogens with one attached hydrogen (secondary N) is 2. The third kappa shape index (κ3) is 3.27. The zero-order chi connectivity index (χ0) is 18.2. The number of aromatic nitrogens is 2. The Labute approximate surface area is 148 Å². The maximum absolute atomic E-state index is 13.4. The number of anilines is 1. The van der Waals surface area contributed by atoms with E-state index in [2.05, 4.69) is 31.4 Å². The molecule has 0 spiro atoms. The van der Waals surface area contributed by atoms with Crippen molar-refractivity contribution in [2.45, 2.75) is 6.18 Å². The predicted molar refractivity (Wildman–Crippen MR) is 93.2 cm³/mol. The van der Waals surface area contributed by atoms with Crippen LogP contribution in [0.3, 0.4) is 0 Å². The van der Waals surface area contributed by atoms with Crippen LogP contribution in [0.2, 0.25) is 0 Å². The summed E-state index contributed by atoms with van der Waals surface area (Å²) < 4.78 is 40.6. The number of hydrogen-bond donors (Lipinski definition) is 3. The lowest BCUT2D eigenvalue weighted by Gasteiger charge is -2.15. The summed E-state index contributed by atoms with van der Waals surface area (Å²) in [7, 11) is 0. The molecule has 0 radical (unpaired) electrons. The molecular weight excluding hydrogens is 399 g/mol. The molecule has 2 aromatic carbocycles. The summed E-state index contributed by atoms with van der Waals surface area (Å²) in [6.07, 6.45) is -4.52. The fraction of sp³-hybridized carbons (Fsp3) is 0.0625. The third-order valence-corrected chi connectivity index (χ3v) is 4.16. The Hall–Kier alpha value is -2.68. The summed E-state index contributed by atoms with van der Waals surface area (Å²) in [6, 6.07) is 10.2. The first-order valence-corrected chi connectivity index (χ1v) is 7.81. The smallest absolute Gasteiger partial charge is 0.370 e. The van der Waals surface area contributed by atoms with Gasteiger partial charge in [-0.2, -0.15) is 13.2 Å². The Bertz CT molecular complexity index is 972. The summed E-state index contributed by atoms with van der Waals surface area (Å²) in [5.41, 5.74) is 4.57. The Morgan fingerprint density at radius 1 is 1.08 bits per heavy atom. The Morgan fingerprint density at radius 2 is 1.80 bits per heavy atom. The molecule has 0 atom stereocenters. The number of guanidine groups is 1. The molecule has 0 fully saturated rings. The highest BCUT2D eigenvalue weighted by Gasteiger charge is 2.34. The largest absolute Gasteiger partial charge is 0.417 e. The highest BCUT2D eigenvalue weighted by atomic mass is 79.9. The standard InChI is InChI=1S/C16H11BrF3N5/c17-11-7-3-5-9-12(11)14(23-15(21)22)25-24-13(9)8-4-1-2-6-10(8)16(18,19)20/h1-7H,(H4,21,22,23,25). The lowest BCUT2D eigenvalue weighted by atomic mass is 9.99. The van der Waals surface area contributed by atoms with Crippen LogP contribution in [0.4, 0.5) is 19.0 Å². The average molecular weight is 410 g/mol. The zero-order valence-corrected chi connectivity index (χ0v) is 14.1. The molecule has 4 N–H and O–H groups in total. The molecule has 3 aromatic rings. The van der Waals surface area contributed by atoms with Crippen LogP contribution < -0.4 is 11.1 Å². The number of fused-ring (bicyclic) bond motifs is 1. The van der Waals surface area contributed by atoms with Crippen LogP contribution in [0.5, 0.6) is 0 Å². The Morgan fingerprint density at radius 3 is 2.48 bits per heavy atom. The van der Waals surface area contributed by atoms with Crippen molar-refractivity contribution in [3.05, 3.63) is 52.5 Å². The van der Waals surface area contributed by atoms with Crippen molar-refractivity contribution in [1.29, 1.82) is 5.41 Å². The molecule has 0 saturated heterocycles. The van der Waals surface area contributed by atoms with E-state index in [0.29, 0.717) is 15.2 Å². The van der Waals surface area contributed by atoms with Gasteiger partial charge < -0.3 is 11.1 Å². The molecule has 0 aliphatic heterocycles. The van der Waals surface area contributed by atoms with Crippen LogP contribution in [0.1, 0.15) is 5.56 Å². The molecule has 0 aliphatic carbocycles. The molecule has 3 rings (SSSR count). The maximum atomic E-state index is 13.4. The van der Waals surface area contributed by atoms with E-state index in [0.717, 1.165) is 6.07 Å². The highest BCUT2D eigenvalue weighted by Crippen LogP contribution is 2.40. The van der Waals surface area contributed by atoms with Gasteiger partial charge in [-0.3, -0.25) is 5.41 Å². The Balaban J connectivity index is 2.34. The van der Waals surface area contributed by atoms with Crippen molar-refractivity contribution in [2.24, 2.45) is 5.73 Å². The van der Waals surface area contributed by atoms with Crippen LogP contribution in [-0.2, 0) is 6.18 Å². The lowest BCUT2D eigenvalue weighted by molar-refractivity contribution is -0.137. The summed E-state index contributed by atoms with van der Waals surface area (Å²) in [4.78, 5) is 0. The second kappa shape index (κ2) is 6.32.